The van der Waals surface area contributed by atoms with Crippen LogP contribution in [0.25, 0.3) is 44.8 Å². The Morgan fingerprint density at radius 3 is 1.89 bits per heavy atom. The highest BCUT2D eigenvalue weighted by molar-refractivity contribution is 5.78. The molecule has 0 unspecified atom stereocenters. The fourth-order valence-corrected chi connectivity index (χ4v) is 4.91. The molecular weight excluding hydrogens is 424 g/mol. The smallest absolute Gasteiger partial charge is 0.201 e. The fraction of sp³-hybridized carbons (Fsp3) is 0.152. The van der Waals surface area contributed by atoms with Gasteiger partial charge in [-0.25, -0.2) is 9.13 Å². The summed E-state index contributed by atoms with van der Waals surface area (Å²) < 4.78 is 4.40. The Kier molecular flexibility index (Phi) is 6.05. The van der Waals surface area contributed by atoms with E-state index in [9.17, 15) is 0 Å². The molecule has 0 saturated carbocycles. The van der Waals surface area contributed by atoms with Crippen LogP contribution in [0.5, 0.6) is 0 Å². The molecule has 0 N–H and O–H groups in total. The molecule has 172 valence electrons. The van der Waals surface area contributed by atoms with Crippen LogP contribution in [0.15, 0.2) is 103 Å². The van der Waals surface area contributed by atoms with Crippen LogP contribution in [-0.4, -0.2) is 0 Å². The highest BCUT2D eigenvalue weighted by Crippen LogP contribution is 2.33. The first-order valence-electron chi connectivity index (χ1n) is 12.1. The largest absolute Gasteiger partial charge is 0.213 e. The SMILES string of the molecule is Cc1ccc(-c2ccc(-c3cc[n+](C)c(-c4cccc(-c5cccc[n+]5C)c4C)c3)c(C)c2)cc1. The molecule has 0 saturated heterocycles. The minimum Gasteiger partial charge on any atom is -0.201 e. The number of rotatable bonds is 4. The van der Waals surface area contributed by atoms with Crippen molar-refractivity contribution in [3.8, 4) is 44.8 Å². The van der Waals surface area contributed by atoms with Crippen LogP contribution in [-0.2, 0) is 14.1 Å². The minimum absolute atomic E-state index is 1.21. The summed E-state index contributed by atoms with van der Waals surface area (Å²) in [6, 6.07) is 33.1. The van der Waals surface area contributed by atoms with Crippen LogP contribution in [0.1, 0.15) is 16.7 Å². The van der Waals surface area contributed by atoms with Gasteiger partial charge in [0.2, 0.25) is 11.4 Å². The molecule has 0 bridgehead atoms. The van der Waals surface area contributed by atoms with Crippen LogP contribution in [0, 0.1) is 20.8 Å². The van der Waals surface area contributed by atoms with E-state index in [2.05, 4.69) is 147 Å². The molecule has 0 aliphatic carbocycles. The normalized spacial score (nSPS) is 11.0. The van der Waals surface area contributed by atoms with Crippen molar-refractivity contribution in [3.05, 3.63) is 120 Å². The van der Waals surface area contributed by atoms with Crippen LogP contribution >= 0.6 is 0 Å². The number of aryl methyl sites for hydroxylation is 4. The first-order valence-corrected chi connectivity index (χ1v) is 12.1. The van der Waals surface area contributed by atoms with E-state index in [-0.39, 0.29) is 0 Å². The summed E-state index contributed by atoms with van der Waals surface area (Å²) in [5.41, 5.74) is 13.8. The first-order chi connectivity index (χ1) is 16.9. The quantitative estimate of drug-likeness (QED) is 0.259. The second-order valence-corrected chi connectivity index (χ2v) is 9.48. The molecule has 35 heavy (non-hydrogen) atoms. The molecule has 2 heterocycles. The zero-order chi connectivity index (χ0) is 24.5. The Hall–Kier alpha value is -4.04. The Balaban J connectivity index is 1.57. The molecule has 2 heteroatoms. The Morgan fingerprint density at radius 1 is 0.486 bits per heavy atom. The van der Waals surface area contributed by atoms with E-state index in [1.165, 1.54) is 61.5 Å². The van der Waals surface area contributed by atoms with Gasteiger partial charge in [-0.05, 0) is 72.4 Å². The third-order valence-electron chi connectivity index (χ3n) is 7.01. The summed E-state index contributed by atoms with van der Waals surface area (Å²) in [5, 5.41) is 0. The van der Waals surface area contributed by atoms with E-state index in [0.29, 0.717) is 0 Å². The number of hydrogen-bond acceptors (Lipinski definition) is 0. The van der Waals surface area contributed by atoms with Gasteiger partial charge in [-0.1, -0.05) is 54.1 Å². The molecule has 5 rings (SSSR count). The van der Waals surface area contributed by atoms with Crippen molar-refractivity contribution in [1.29, 1.82) is 0 Å². The Bertz CT molecular complexity index is 1530. The lowest BCUT2D eigenvalue weighted by Gasteiger charge is -2.12. The van der Waals surface area contributed by atoms with E-state index in [0.717, 1.165) is 0 Å². The van der Waals surface area contributed by atoms with Crippen LogP contribution in [0.3, 0.4) is 0 Å². The average molecular weight is 457 g/mol. The second kappa shape index (κ2) is 9.31. The molecule has 2 nitrogen and oxygen atoms in total. The predicted octanol–water partition coefficient (Wildman–Crippen LogP) is 6.93. The number of hydrogen-bond donors (Lipinski definition) is 0. The lowest BCUT2D eigenvalue weighted by atomic mass is 9.93. The molecule has 0 spiro atoms. The first kappa shape index (κ1) is 22.7. The van der Waals surface area contributed by atoms with E-state index in [4.69, 9.17) is 0 Å². The summed E-state index contributed by atoms with van der Waals surface area (Å²) >= 11 is 0. The van der Waals surface area contributed by atoms with Gasteiger partial charge in [-0.2, -0.15) is 0 Å². The second-order valence-electron chi connectivity index (χ2n) is 9.48. The Labute approximate surface area is 208 Å². The highest BCUT2D eigenvalue weighted by Gasteiger charge is 2.20. The molecule has 5 aromatic rings. The van der Waals surface area contributed by atoms with Crippen molar-refractivity contribution >= 4 is 0 Å². The number of benzene rings is 3. The lowest BCUT2D eigenvalue weighted by molar-refractivity contribution is -0.660. The van der Waals surface area contributed by atoms with E-state index in [1.807, 2.05) is 0 Å². The molecule has 0 atom stereocenters. The van der Waals surface area contributed by atoms with E-state index < -0.39 is 0 Å². The maximum Gasteiger partial charge on any atom is 0.213 e. The Morgan fingerprint density at radius 2 is 1.17 bits per heavy atom. The maximum atomic E-state index is 2.32. The number of pyridine rings is 2. The number of nitrogens with zero attached hydrogens (tertiary/aromatic N) is 2. The zero-order valence-electron chi connectivity index (χ0n) is 21.2. The standard InChI is InChI=1S/C33H32N2/c1-23-12-14-26(15-13-23)27-16-17-29(24(2)21-27)28-18-20-35(5)33(22-28)31-10-8-9-30(25(31)3)32-11-6-7-19-34(32)4/h6-22H,1-5H3/q+2. The zero-order valence-corrected chi connectivity index (χ0v) is 21.2. The van der Waals surface area contributed by atoms with Crippen molar-refractivity contribution in [2.24, 2.45) is 14.1 Å². The van der Waals surface area contributed by atoms with Crippen LogP contribution in [0.2, 0.25) is 0 Å². The average Bonchev–Trinajstić information content (AvgIpc) is 2.86. The van der Waals surface area contributed by atoms with Gasteiger partial charge in [0.25, 0.3) is 0 Å². The van der Waals surface area contributed by atoms with Crippen molar-refractivity contribution in [2.75, 3.05) is 0 Å². The third kappa shape index (κ3) is 4.40. The van der Waals surface area contributed by atoms with Crippen molar-refractivity contribution in [3.63, 3.8) is 0 Å². The summed E-state index contributed by atoms with van der Waals surface area (Å²) in [4.78, 5) is 0. The summed E-state index contributed by atoms with van der Waals surface area (Å²) in [6.07, 6.45) is 4.28. The minimum atomic E-state index is 1.21. The van der Waals surface area contributed by atoms with Crippen molar-refractivity contribution < 1.29 is 9.13 Å². The van der Waals surface area contributed by atoms with Crippen LogP contribution in [0.4, 0.5) is 0 Å². The lowest BCUT2D eigenvalue weighted by Crippen LogP contribution is -2.31. The molecule has 3 aromatic carbocycles. The van der Waals surface area contributed by atoms with Gasteiger partial charge in [-0.15, -0.1) is 0 Å². The van der Waals surface area contributed by atoms with Gasteiger partial charge in [0, 0.05) is 35.4 Å². The van der Waals surface area contributed by atoms with Gasteiger partial charge in [-0.3, -0.25) is 0 Å². The number of aromatic nitrogens is 2. The maximum absolute atomic E-state index is 2.32. The van der Waals surface area contributed by atoms with Gasteiger partial charge in [0.05, 0.1) is 0 Å². The van der Waals surface area contributed by atoms with E-state index >= 15 is 0 Å². The van der Waals surface area contributed by atoms with E-state index in [1.54, 1.807) is 0 Å². The monoisotopic (exact) mass is 456 g/mol. The molecule has 0 aliphatic heterocycles. The van der Waals surface area contributed by atoms with Crippen molar-refractivity contribution in [2.45, 2.75) is 20.8 Å². The van der Waals surface area contributed by atoms with Crippen LogP contribution < -0.4 is 9.13 Å². The van der Waals surface area contributed by atoms with Gasteiger partial charge in [0.15, 0.2) is 12.4 Å². The summed E-state index contributed by atoms with van der Waals surface area (Å²) in [7, 11) is 4.23. The molecule has 2 aromatic heterocycles. The molecule has 0 radical (unpaired) electrons. The van der Waals surface area contributed by atoms with Gasteiger partial charge >= 0.3 is 0 Å². The van der Waals surface area contributed by atoms with Crippen molar-refractivity contribution in [1.82, 2.24) is 0 Å². The van der Waals surface area contributed by atoms with Gasteiger partial charge < -0.3 is 0 Å². The summed E-state index contributed by atoms with van der Waals surface area (Å²) in [5.74, 6) is 0. The summed E-state index contributed by atoms with van der Waals surface area (Å²) in [6.45, 7) is 6.56. The molecule has 0 fully saturated rings. The third-order valence-corrected chi connectivity index (χ3v) is 7.01. The highest BCUT2D eigenvalue weighted by atomic mass is 14.9. The predicted molar refractivity (Wildman–Crippen MR) is 145 cm³/mol. The topological polar surface area (TPSA) is 7.76 Å². The fourth-order valence-electron chi connectivity index (χ4n) is 4.91. The molecule has 0 aliphatic rings. The molecule has 0 amide bonds. The molecular formula is C33H32N2+2. The van der Waals surface area contributed by atoms with Gasteiger partial charge in [0.1, 0.15) is 14.1 Å².